The number of likely N-dealkylation sites (N-methyl/N-ethyl adjacent to an activating group) is 1. The molecular formula is C33H35N3O5S. The summed E-state index contributed by atoms with van der Waals surface area (Å²) in [4.78, 5) is 29.0. The van der Waals surface area contributed by atoms with Crippen molar-refractivity contribution in [3.8, 4) is 5.75 Å². The van der Waals surface area contributed by atoms with Gasteiger partial charge in [-0.3, -0.25) is 13.9 Å². The van der Waals surface area contributed by atoms with Crippen molar-refractivity contribution in [3.63, 3.8) is 0 Å². The first-order valence-corrected chi connectivity index (χ1v) is 15.2. The summed E-state index contributed by atoms with van der Waals surface area (Å²) < 4.78 is 34.5. The number of anilines is 1. The molecule has 0 aliphatic heterocycles. The molecule has 0 radical (unpaired) electrons. The quantitative estimate of drug-likeness (QED) is 0.246. The van der Waals surface area contributed by atoms with Crippen LogP contribution in [0.15, 0.2) is 120 Å². The first kappa shape index (κ1) is 30.3. The van der Waals surface area contributed by atoms with Crippen molar-refractivity contribution in [2.75, 3.05) is 24.5 Å². The van der Waals surface area contributed by atoms with Gasteiger partial charge < -0.3 is 15.0 Å². The number of amides is 2. The van der Waals surface area contributed by atoms with Crippen LogP contribution >= 0.6 is 0 Å². The number of carbonyl (C=O) groups excluding carboxylic acids is 2. The van der Waals surface area contributed by atoms with E-state index in [1.165, 1.54) is 24.1 Å². The highest BCUT2D eigenvalue weighted by atomic mass is 32.2. The van der Waals surface area contributed by atoms with E-state index in [4.69, 9.17) is 4.74 Å². The van der Waals surface area contributed by atoms with Gasteiger partial charge in [-0.25, -0.2) is 8.42 Å². The van der Waals surface area contributed by atoms with Crippen LogP contribution in [0.1, 0.15) is 18.1 Å². The monoisotopic (exact) mass is 585 g/mol. The van der Waals surface area contributed by atoms with Crippen LogP contribution in [0.2, 0.25) is 0 Å². The van der Waals surface area contributed by atoms with Crippen LogP contribution in [0.3, 0.4) is 0 Å². The number of hydrogen-bond donors (Lipinski definition) is 1. The molecule has 4 aromatic carbocycles. The van der Waals surface area contributed by atoms with Gasteiger partial charge >= 0.3 is 0 Å². The van der Waals surface area contributed by atoms with Gasteiger partial charge in [0.15, 0.2) is 0 Å². The van der Waals surface area contributed by atoms with Gasteiger partial charge in [0.05, 0.1) is 17.2 Å². The fourth-order valence-electron chi connectivity index (χ4n) is 4.62. The Labute approximate surface area is 247 Å². The molecule has 9 heteroatoms. The summed E-state index contributed by atoms with van der Waals surface area (Å²) in [6, 6.07) is 32.4. The lowest BCUT2D eigenvalue weighted by atomic mass is 10.0. The highest BCUT2D eigenvalue weighted by Crippen LogP contribution is 2.27. The fourth-order valence-corrected chi connectivity index (χ4v) is 6.06. The molecule has 4 rings (SSSR count). The van der Waals surface area contributed by atoms with E-state index in [2.05, 4.69) is 5.32 Å². The lowest BCUT2D eigenvalue weighted by Crippen LogP contribution is -2.53. The molecule has 1 atom stereocenters. The van der Waals surface area contributed by atoms with Crippen LogP contribution in [0.4, 0.5) is 5.69 Å². The Bertz CT molecular complexity index is 1550. The topological polar surface area (TPSA) is 96.0 Å². The van der Waals surface area contributed by atoms with E-state index >= 15 is 0 Å². The average Bonchev–Trinajstić information content (AvgIpc) is 3.03. The Balaban J connectivity index is 1.76. The number of benzene rings is 4. The Kier molecular flexibility index (Phi) is 10.3. The lowest BCUT2D eigenvalue weighted by molar-refractivity contribution is -0.139. The van der Waals surface area contributed by atoms with Crippen molar-refractivity contribution < 1.29 is 22.7 Å². The molecule has 2 amide bonds. The first-order chi connectivity index (χ1) is 20.3. The Morgan fingerprint density at radius 1 is 0.786 bits per heavy atom. The highest BCUT2D eigenvalue weighted by molar-refractivity contribution is 7.92. The second kappa shape index (κ2) is 14.3. The zero-order valence-corrected chi connectivity index (χ0v) is 24.5. The van der Waals surface area contributed by atoms with Crippen molar-refractivity contribution in [2.45, 2.75) is 30.8 Å². The van der Waals surface area contributed by atoms with E-state index < -0.39 is 28.5 Å². The average molecular weight is 586 g/mol. The maximum absolute atomic E-state index is 14.2. The van der Waals surface area contributed by atoms with Crippen LogP contribution in [0, 0.1) is 0 Å². The van der Waals surface area contributed by atoms with Crippen LogP contribution in [0.5, 0.6) is 5.75 Å². The van der Waals surface area contributed by atoms with Crippen molar-refractivity contribution >= 4 is 27.5 Å². The predicted molar refractivity (Wildman–Crippen MR) is 164 cm³/mol. The van der Waals surface area contributed by atoms with E-state index in [0.29, 0.717) is 18.0 Å². The molecule has 0 bridgehead atoms. The summed E-state index contributed by atoms with van der Waals surface area (Å²) in [6.45, 7) is 1.92. The van der Waals surface area contributed by atoms with Crippen molar-refractivity contribution in [1.29, 1.82) is 0 Å². The normalized spacial score (nSPS) is 11.8. The van der Waals surface area contributed by atoms with Gasteiger partial charge in [-0.2, -0.15) is 0 Å². The fraction of sp³-hybridized carbons (Fsp3) is 0.212. The minimum absolute atomic E-state index is 0.0495. The minimum Gasteiger partial charge on any atom is -0.494 e. The second-order valence-electron chi connectivity index (χ2n) is 9.58. The van der Waals surface area contributed by atoms with Crippen molar-refractivity contribution in [3.05, 3.63) is 126 Å². The SMILES string of the molecule is CCOc1ccc(N(CC(=O)N(Cc2ccccc2)C(Cc2ccccc2)C(=O)NC)S(=O)(=O)c2ccccc2)cc1. The zero-order valence-electron chi connectivity index (χ0n) is 23.7. The van der Waals surface area contributed by atoms with Gasteiger partial charge in [-0.05, 0) is 54.4 Å². The highest BCUT2D eigenvalue weighted by Gasteiger charge is 2.34. The third kappa shape index (κ3) is 7.55. The number of hydrogen-bond acceptors (Lipinski definition) is 5. The van der Waals surface area contributed by atoms with E-state index in [9.17, 15) is 18.0 Å². The summed E-state index contributed by atoms with van der Waals surface area (Å²) in [5, 5.41) is 2.69. The number of nitrogens with zero attached hydrogens (tertiary/aromatic N) is 2. The van der Waals surface area contributed by atoms with Gasteiger partial charge in [0.2, 0.25) is 11.8 Å². The number of ether oxygens (including phenoxy) is 1. The molecule has 42 heavy (non-hydrogen) atoms. The molecule has 4 aromatic rings. The van der Waals surface area contributed by atoms with Crippen LogP contribution < -0.4 is 14.4 Å². The third-order valence-electron chi connectivity index (χ3n) is 6.76. The van der Waals surface area contributed by atoms with E-state index in [1.807, 2.05) is 67.6 Å². The molecule has 0 spiro atoms. The molecule has 218 valence electrons. The summed E-state index contributed by atoms with van der Waals surface area (Å²) >= 11 is 0. The number of sulfonamides is 1. The summed E-state index contributed by atoms with van der Waals surface area (Å²) in [6.07, 6.45) is 0.258. The second-order valence-corrected chi connectivity index (χ2v) is 11.4. The maximum Gasteiger partial charge on any atom is 0.264 e. The Hall–Kier alpha value is -4.63. The van der Waals surface area contributed by atoms with Crippen LogP contribution in [-0.4, -0.2) is 51.4 Å². The van der Waals surface area contributed by atoms with E-state index in [-0.39, 0.29) is 23.8 Å². The number of nitrogens with one attached hydrogen (secondary N) is 1. The predicted octanol–water partition coefficient (Wildman–Crippen LogP) is 4.67. The number of carbonyl (C=O) groups is 2. The summed E-state index contributed by atoms with van der Waals surface area (Å²) in [5.74, 6) is -0.281. The van der Waals surface area contributed by atoms with E-state index in [1.54, 1.807) is 42.5 Å². The molecule has 8 nitrogen and oxygen atoms in total. The van der Waals surface area contributed by atoms with Crippen LogP contribution in [0.25, 0.3) is 0 Å². The maximum atomic E-state index is 14.2. The van der Waals surface area contributed by atoms with E-state index in [0.717, 1.165) is 15.4 Å². The minimum atomic E-state index is -4.15. The summed E-state index contributed by atoms with van der Waals surface area (Å²) in [5.41, 5.74) is 1.98. The standard InChI is InChI=1S/C33H35N3O5S/c1-3-41-29-21-19-28(20-22-29)36(42(39,40)30-17-11-6-12-18-30)25-32(37)35(24-27-15-9-5-10-16-27)31(33(38)34-2)23-26-13-7-4-8-14-26/h4-22,31H,3,23-25H2,1-2H3,(H,34,38). The Morgan fingerprint density at radius 3 is 1.88 bits per heavy atom. The molecular weight excluding hydrogens is 550 g/mol. The zero-order chi connectivity index (χ0) is 30.0. The number of rotatable bonds is 13. The molecule has 1 unspecified atom stereocenters. The van der Waals surface area contributed by atoms with Crippen molar-refractivity contribution in [2.24, 2.45) is 0 Å². The van der Waals surface area contributed by atoms with Crippen LogP contribution in [-0.2, 0) is 32.6 Å². The molecule has 0 heterocycles. The molecule has 0 aliphatic carbocycles. The van der Waals surface area contributed by atoms with Crippen molar-refractivity contribution in [1.82, 2.24) is 10.2 Å². The lowest BCUT2D eigenvalue weighted by Gasteiger charge is -2.33. The van der Waals surface area contributed by atoms with Gasteiger partial charge in [-0.1, -0.05) is 78.9 Å². The molecule has 0 saturated carbocycles. The molecule has 0 saturated heterocycles. The van der Waals surface area contributed by atoms with Gasteiger partial charge in [0, 0.05) is 20.0 Å². The molecule has 0 fully saturated rings. The molecule has 1 N–H and O–H groups in total. The van der Waals surface area contributed by atoms with Gasteiger partial charge in [0.1, 0.15) is 18.3 Å². The molecule has 0 aromatic heterocycles. The molecule has 0 aliphatic rings. The largest absolute Gasteiger partial charge is 0.494 e. The van der Waals surface area contributed by atoms with Gasteiger partial charge in [0.25, 0.3) is 10.0 Å². The Morgan fingerprint density at radius 2 is 1.33 bits per heavy atom. The third-order valence-corrected chi connectivity index (χ3v) is 8.55. The summed E-state index contributed by atoms with van der Waals surface area (Å²) in [7, 11) is -2.62. The first-order valence-electron chi connectivity index (χ1n) is 13.7. The smallest absolute Gasteiger partial charge is 0.264 e. The van der Waals surface area contributed by atoms with Gasteiger partial charge in [-0.15, -0.1) is 0 Å².